The highest BCUT2D eigenvalue weighted by Crippen LogP contribution is 2.29. The molecule has 0 spiro atoms. The van der Waals surface area contributed by atoms with E-state index in [1.54, 1.807) is 6.07 Å². The number of fused-ring (bicyclic) bond motifs is 1. The number of hydrogen-bond donors (Lipinski definition) is 0. The SMILES string of the molecule is CCCCC1=Cc2ccc(/C=C/c3ccc(C#N)c(F)c3)cc2C1. The minimum Gasteiger partial charge on any atom is -0.206 e. The van der Waals surface area contributed by atoms with E-state index in [0.29, 0.717) is 0 Å². The summed E-state index contributed by atoms with van der Waals surface area (Å²) < 4.78 is 13.6. The normalized spacial score (nSPS) is 13.0. The van der Waals surface area contributed by atoms with Crippen LogP contribution in [0, 0.1) is 17.1 Å². The largest absolute Gasteiger partial charge is 0.206 e. The number of allylic oxidation sites excluding steroid dienone is 1. The van der Waals surface area contributed by atoms with Crippen LogP contribution < -0.4 is 0 Å². The van der Waals surface area contributed by atoms with Crippen molar-refractivity contribution >= 4 is 18.2 Å². The van der Waals surface area contributed by atoms with Crippen molar-refractivity contribution < 1.29 is 4.39 Å². The second-order valence-electron chi connectivity index (χ2n) is 6.23. The molecule has 0 unspecified atom stereocenters. The second kappa shape index (κ2) is 7.27. The van der Waals surface area contributed by atoms with E-state index < -0.39 is 5.82 Å². The van der Waals surface area contributed by atoms with Crippen LogP contribution in [0.5, 0.6) is 0 Å². The molecule has 24 heavy (non-hydrogen) atoms. The molecule has 0 amide bonds. The van der Waals surface area contributed by atoms with Crippen LogP contribution in [-0.2, 0) is 6.42 Å². The monoisotopic (exact) mass is 317 g/mol. The molecule has 0 saturated heterocycles. The van der Waals surface area contributed by atoms with Crippen molar-refractivity contribution in [2.75, 3.05) is 0 Å². The molecule has 2 aromatic carbocycles. The Balaban J connectivity index is 1.73. The highest BCUT2D eigenvalue weighted by atomic mass is 19.1. The van der Waals surface area contributed by atoms with E-state index in [2.05, 4.69) is 31.2 Å². The molecule has 2 heteroatoms. The van der Waals surface area contributed by atoms with Crippen molar-refractivity contribution in [2.45, 2.75) is 32.6 Å². The summed E-state index contributed by atoms with van der Waals surface area (Å²) in [5.41, 5.74) is 6.16. The van der Waals surface area contributed by atoms with Crippen LogP contribution in [0.2, 0.25) is 0 Å². The quantitative estimate of drug-likeness (QED) is 0.621. The molecule has 1 nitrogen and oxygen atoms in total. The molecule has 0 bridgehead atoms. The summed E-state index contributed by atoms with van der Waals surface area (Å²) in [6, 6.07) is 13.0. The average Bonchev–Trinajstić information content (AvgIpc) is 3.00. The van der Waals surface area contributed by atoms with E-state index in [1.807, 2.05) is 18.2 Å². The summed E-state index contributed by atoms with van der Waals surface area (Å²) in [7, 11) is 0. The van der Waals surface area contributed by atoms with Crippen molar-refractivity contribution in [3.63, 3.8) is 0 Å². The van der Waals surface area contributed by atoms with Crippen LogP contribution in [0.25, 0.3) is 18.2 Å². The fourth-order valence-corrected chi connectivity index (χ4v) is 3.02. The lowest BCUT2D eigenvalue weighted by Gasteiger charge is -2.02. The maximum absolute atomic E-state index is 13.6. The predicted octanol–water partition coefficient (Wildman–Crippen LogP) is 6.00. The predicted molar refractivity (Wildman–Crippen MR) is 97.7 cm³/mol. The van der Waals surface area contributed by atoms with Crippen LogP contribution in [0.3, 0.4) is 0 Å². The van der Waals surface area contributed by atoms with Gasteiger partial charge in [-0.15, -0.1) is 0 Å². The minimum atomic E-state index is -0.474. The summed E-state index contributed by atoms with van der Waals surface area (Å²) in [5, 5.41) is 8.77. The number of benzene rings is 2. The van der Waals surface area contributed by atoms with Crippen molar-refractivity contribution in [1.29, 1.82) is 5.26 Å². The Kier molecular flexibility index (Phi) is 4.91. The highest BCUT2D eigenvalue weighted by molar-refractivity contribution is 5.73. The van der Waals surface area contributed by atoms with Crippen LogP contribution in [-0.4, -0.2) is 0 Å². The standard InChI is InChI=1S/C22H20FN/c1-2-3-4-18-12-19-9-7-16(11-21(19)13-18)5-6-17-8-10-20(15-24)22(23)14-17/h5-12,14H,2-4,13H2,1H3/b6-5+. The fourth-order valence-electron chi connectivity index (χ4n) is 3.02. The van der Waals surface area contributed by atoms with Gasteiger partial charge in [0.1, 0.15) is 11.9 Å². The number of rotatable bonds is 5. The van der Waals surface area contributed by atoms with Crippen LogP contribution in [0.15, 0.2) is 42.0 Å². The summed E-state index contributed by atoms with van der Waals surface area (Å²) in [4.78, 5) is 0. The molecule has 1 aliphatic rings. The Morgan fingerprint density at radius 3 is 2.58 bits per heavy atom. The topological polar surface area (TPSA) is 23.8 Å². The lowest BCUT2D eigenvalue weighted by Crippen LogP contribution is -1.87. The summed E-state index contributed by atoms with van der Waals surface area (Å²) in [6.07, 6.45) is 10.9. The number of hydrogen-bond acceptors (Lipinski definition) is 1. The molecule has 0 aromatic heterocycles. The van der Waals surface area contributed by atoms with Crippen LogP contribution in [0.1, 0.15) is 54.0 Å². The molecule has 0 N–H and O–H groups in total. The molecule has 120 valence electrons. The van der Waals surface area contributed by atoms with E-state index in [4.69, 9.17) is 5.26 Å². The van der Waals surface area contributed by atoms with Gasteiger partial charge in [0.25, 0.3) is 0 Å². The van der Waals surface area contributed by atoms with E-state index in [9.17, 15) is 4.39 Å². The summed E-state index contributed by atoms with van der Waals surface area (Å²) in [6.45, 7) is 2.22. The second-order valence-corrected chi connectivity index (χ2v) is 6.23. The van der Waals surface area contributed by atoms with E-state index in [-0.39, 0.29) is 5.56 Å². The lowest BCUT2D eigenvalue weighted by atomic mass is 10.0. The zero-order chi connectivity index (χ0) is 16.9. The number of halogens is 1. The third-order valence-electron chi connectivity index (χ3n) is 4.38. The van der Waals surface area contributed by atoms with Gasteiger partial charge in [-0.25, -0.2) is 4.39 Å². The smallest absolute Gasteiger partial charge is 0.141 e. The maximum Gasteiger partial charge on any atom is 0.141 e. The Bertz CT molecular complexity index is 853. The zero-order valence-corrected chi connectivity index (χ0v) is 13.8. The van der Waals surface area contributed by atoms with Crippen molar-refractivity contribution in [3.8, 4) is 6.07 Å². The first-order valence-corrected chi connectivity index (χ1v) is 8.39. The molecule has 0 atom stereocenters. The van der Waals surface area contributed by atoms with Gasteiger partial charge in [-0.3, -0.25) is 0 Å². The number of nitriles is 1. The first kappa shape index (κ1) is 16.2. The molecule has 0 radical (unpaired) electrons. The van der Waals surface area contributed by atoms with Crippen LogP contribution >= 0.6 is 0 Å². The van der Waals surface area contributed by atoms with E-state index in [1.165, 1.54) is 48.1 Å². The number of unbranched alkanes of at least 4 members (excludes halogenated alkanes) is 1. The van der Waals surface area contributed by atoms with Gasteiger partial charge >= 0.3 is 0 Å². The summed E-state index contributed by atoms with van der Waals surface area (Å²) >= 11 is 0. The molecular formula is C22H20FN. The summed E-state index contributed by atoms with van der Waals surface area (Å²) in [5.74, 6) is -0.474. The van der Waals surface area contributed by atoms with Crippen LogP contribution in [0.4, 0.5) is 4.39 Å². The van der Waals surface area contributed by atoms with Crippen molar-refractivity contribution in [2.24, 2.45) is 0 Å². The van der Waals surface area contributed by atoms with Crippen molar-refractivity contribution in [1.82, 2.24) is 0 Å². The zero-order valence-electron chi connectivity index (χ0n) is 13.8. The van der Waals surface area contributed by atoms with Gasteiger partial charge in [-0.05, 0) is 53.6 Å². The van der Waals surface area contributed by atoms with Gasteiger partial charge in [0, 0.05) is 0 Å². The van der Waals surface area contributed by atoms with Gasteiger partial charge in [-0.2, -0.15) is 5.26 Å². The number of nitrogens with zero attached hydrogens (tertiary/aromatic N) is 1. The third-order valence-corrected chi connectivity index (χ3v) is 4.38. The lowest BCUT2D eigenvalue weighted by molar-refractivity contribution is 0.623. The molecule has 1 aliphatic carbocycles. The molecular weight excluding hydrogens is 297 g/mol. The Labute approximate surface area is 142 Å². The third kappa shape index (κ3) is 3.63. The molecule has 0 fully saturated rings. The average molecular weight is 317 g/mol. The van der Waals surface area contributed by atoms with Gasteiger partial charge in [0.15, 0.2) is 0 Å². The van der Waals surface area contributed by atoms with Gasteiger partial charge in [-0.1, -0.05) is 61.4 Å². The first-order chi connectivity index (χ1) is 11.7. The molecule has 0 heterocycles. The van der Waals surface area contributed by atoms with Gasteiger partial charge in [0.05, 0.1) is 5.56 Å². The molecule has 3 rings (SSSR count). The first-order valence-electron chi connectivity index (χ1n) is 8.39. The molecule has 2 aromatic rings. The van der Waals surface area contributed by atoms with Gasteiger partial charge < -0.3 is 0 Å². The Morgan fingerprint density at radius 1 is 1.12 bits per heavy atom. The molecule has 0 aliphatic heterocycles. The maximum atomic E-state index is 13.6. The minimum absolute atomic E-state index is 0.0790. The van der Waals surface area contributed by atoms with E-state index in [0.717, 1.165) is 17.5 Å². The van der Waals surface area contributed by atoms with E-state index >= 15 is 0 Å². The van der Waals surface area contributed by atoms with Gasteiger partial charge in [0.2, 0.25) is 0 Å². The Morgan fingerprint density at radius 2 is 1.88 bits per heavy atom. The fraction of sp³-hybridized carbons (Fsp3) is 0.227. The van der Waals surface area contributed by atoms with Crippen molar-refractivity contribution in [3.05, 3.63) is 75.6 Å². The Hall–Kier alpha value is -2.66. The molecule has 0 saturated carbocycles. The highest BCUT2D eigenvalue weighted by Gasteiger charge is 2.12.